The van der Waals surface area contributed by atoms with Crippen molar-refractivity contribution in [2.75, 3.05) is 4.43 Å². The summed E-state index contributed by atoms with van der Waals surface area (Å²) in [5.41, 5.74) is 1.19. The van der Waals surface area contributed by atoms with Crippen molar-refractivity contribution in [1.29, 1.82) is 0 Å². The fourth-order valence-corrected chi connectivity index (χ4v) is 2.96. The predicted octanol–water partition coefficient (Wildman–Crippen LogP) is 4.30. The summed E-state index contributed by atoms with van der Waals surface area (Å²) in [6.45, 7) is 2.22. The van der Waals surface area contributed by atoms with Gasteiger partial charge in [-0.25, -0.2) is 0 Å². The van der Waals surface area contributed by atoms with Crippen LogP contribution in [0.2, 0.25) is 0 Å². The van der Waals surface area contributed by atoms with E-state index in [1.165, 1.54) is 31.2 Å². The van der Waals surface area contributed by atoms with Gasteiger partial charge in [0.1, 0.15) is 0 Å². The van der Waals surface area contributed by atoms with Gasteiger partial charge in [-0.15, -0.1) is 0 Å². The molecular weight excluding hydrogens is 311 g/mol. The number of halogens is 1. The maximum absolute atomic E-state index is 6.33. The molecule has 1 atom stereocenters. The molecule has 0 radical (unpaired) electrons. The van der Waals surface area contributed by atoms with Gasteiger partial charge < -0.3 is 4.74 Å². The smallest absolute Gasteiger partial charge is 0.0996 e. The quantitative estimate of drug-likeness (QED) is 0.591. The zero-order chi connectivity index (χ0) is 11.4. The Balaban J connectivity index is 2.12. The zero-order valence-electron chi connectivity index (χ0n) is 9.79. The Morgan fingerprint density at radius 1 is 1.25 bits per heavy atom. The molecule has 0 aromatic heterocycles. The lowest BCUT2D eigenvalue weighted by Gasteiger charge is -2.31. The molecule has 1 saturated carbocycles. The molecule has 88 valence electrons. The normalized spacial score (nSPS) is 20.9. The van der Waals surface area contributed by atoms with Gasteiger partial charge in [0, 0.05) is 4.43 Å². The Morgan fingerprint density at radius 3 is 2.44 bits per heavy atom. The lowest BCUT2D eigenvalue weighted by molar-refractivity contribution is -0.0674. The van der Waals surface area contributed by atoms with Gasteiger partial charge in [-0.2, -0.15) is 0 Å². The number of hydrogen-bond acceptors (Lipinski definition) is 1. The van der Waals surface area contributed by atoms with Crippen LogP contribution in [0.25, 0.3) is 0 Å². The largest absolute Gasteiger partial charge is 0.367 e. The molecule has 1 aromatic carbocycles. The molecule has 1 aliphatic rings. The van der Waals surface area contributed by atoms with Crippen LogP contribution in [0.3, 0.4) is 0 Å². The van der Waals surface area contributed by atoms with E-state index in [2.05, 4.69) is 59.8 Å². The van der Waals surface area contributed by atoms with E-state index in [4.69, 9.17) is 4.74 Å². The third-order valence-corrected chi connectivity index (χ3v) is 4.82. The minimum Gasteiger partial charge on any atom is -0.367 e. The van der Waals surface area contributed by atoms with Gasteiger partial charge in [0.2, 0.25) is 0 Å². The summed E-state index contributed by atoms with van der Waals surface area (Å²) in [5.74, 6) is 0. The first-order valence-corrected chi connectivity index (χ1v) is 7.56. The number of benzene rings is 1. The van der Waals surface area contributed by atoms with Gasteiger partial charge in [0.15, 0.2) is 0 Å². The van der Waals surface area contributed by atoms with Gasteiger partial charge in [0.05, 0.1) is 11.7 Å². The molecule has 1 unspecified atom stereocenters. The predicted molar refractivity (Wildman–Crippen MR) is 76.0 cm³/mol. The van der Waals surface area contributed by atoms with Crippen LogP contribution in [0.4, 0.5) is 0 Å². The standard InChI is InChI=1S/C14H19IO/c1-14(11-15,12-7-3-2-4-8-12)16-13-9-5-6-10-13/h2-4,7-8,13H,5-6,9-11H2,1H3. The number of ether oxygens (including phenoxy) is 1. The third kappa shape index (κ3) is 2.77. The van der Waals surface area contributed by atoms with Crippen LogP contribution in [0, 0.1) is 0 Å². The van der Waals surface area contributed by atoms with Crippen LogP contribution in [-0.4, -0.2) is 10.5 Å². The fraction of sp³-hybridized carbons (Fsp3) is 0.571. The highest BCUT2D eigenvalue weighted by molar-refractivity contribution is 14.1. The van der Waals surface area contributed by atoms with E-state index in [0.29, 0.717) is 6.10 Å². The highest BCUT2D eigenvalue weighted by Gasteiger charge is 2.30. The van der Waals surface area contributed by atoms with E-state index in [1.807, 2.05) is 0 Å². The van der Waals surface area contributed by atoms with Gasteiger partial charge in [-0.3, -0.25) is 0 Å². The monoisotopic (exact) mass is 330 g/mol. The van der Waals surface area contributed by atoms with Crippen LogP contribution < -0.4 is 0 Å². The van der Waals surface area contributed by atoms with Gasteiger partial charge in [-0.05, 0) is 25.3 Å². The molecule has 16 heavy (non-hydrogen) atoms. The lowest BCUT2D eigenvalue weighted by Crippen LogP contribution is -2.31. The molecule has 0 N–H and O–H groups in total. The van der Waals surface area contributed by atoms with Crippen LogP contribution in [-0.2, 0) is 10.3 Å². The Morgan fingerprint density at radius 2 is 1.88 bits per heavy atom. The molecule has 0 spiro atoms. The molecule has 0 amide bonds. The van der Waals surface area contributed by atoms with E-state index in [1.54, 1.807) is 0 Å². The molecule has 1 aromatic rings. The molecule has 0 heterocycles. The van der Waals surface area contributed by atoms with Crippen LogP contribution in [0.1, 0.15) is 38.2 Å². The molecule has 1 aliphatic carbocycles. The fourth-order valence-electron chi connectivity index (χ4n) is 2.34. The Kier molecular flexibility index (Phi) is 4.25. The minimum absolute atomic E-state index is 0.114. The zero-order valence-corrected chi connectivity index (χ0v) is 11.9. The van der Waals surface area contributed by atoms with Crippen molar-refractivity contribution < 1.29 is 4.74 Å². The molecular formula is C14H19IO. The minimum atomic E-state index is -0.114. The van der Waals surface area contributed by atoms with Crippen molar-refractivity contribution in [2.45, 2.75) is 44.3 Å². The second-order valence-corrected chi connectivity index (χ2v) is 5.52. The first kappa shape index (κ1) is 12.4. The summed E-state index contributed by atoms with van der Waals surface area (Å²) in [7, 11) is 0. The maximum Gasteiger partial charge on any atom is 0.0996 e. The molecule has 0 bridgehead atoms. The topological polar surface area (TPSA) is 9.23 Å². The first-order valence-electron chi connectivity index (χ1n) is 6.04. The van der Waals surface area contributed by atoms with Crippen molar-refractivity contribution in [2.24, 2.45) is 0 Å². The molecule has 1 fully saturated rings. The summed E-state index contributed by atoms with van der Waals surface area (Å²) >= 11 is 2.43. The molecule has 0 saturated heterocycles. The van der Waals surface area contributed by atoms with E-state index in [-0.39, 0.29) is 5.60 Å². The average molecular weight is 330 g/mol. The molecule has 2 heteroatoms. The van der Waals surface area contributed by atoms with Crippen molar-refractivity contribution in [1.82, 2.24) is 0 Å². The van der Waals surface area contributed by atoms with E-state index >= 15 is 0 Å². The summed E-state index contributed by atoms with van der Waals surface area (Å²) in [5, 5.41) is 0. The summed E-state index contributed by atoms with van der Waals surface area (Å²) in [6.07, 6.45) is 5.60. The van der Waals surface area contributed by atoms with Crippen LogP contribution in [0.15, 0.2) is 30.3 Å². The SMILES string of the molecule is CC(CI)(OC1CCCC1)c1ccccc1. The van der Waals surface area contributed by atoms with Crippen molar-refractivity contribution in [3.8, 4) is 0 Å². The molecule has 1 nitrogen and oxygen atoms in total. The van der Waals surface area contributed by atoms with Crippen molar-refractivity contribution in [3.05, 3.63) is 35.9 Å². The van der Waals surface area contributed by atoms with Crippen molar-refractivity contribution in [3.63, 3.8) is 0 Å². The van der Waals surface area contributed by atoms with E-state index in [0.717, 1.165) is 4.43 Å². The highest BCUT2D eigenvalue weighted by atomic mass is 127. The first-order chi connectivity index (χ1) is 7.74. The number of alkyl halides is 1. The average Bonchev–Trinajstić information content (AvgIpc) is 2.83. The molecule has 0 aliphatic heterocycles. The number of rotatable bonds is 4. The molecule has 2 rings (SSSR count). The number of hydrogen-bond donors (Lipinski definition) is 0. The Hall–Kier alpha value is -0.0900. The van der Waals surface area contributed by atoms with Crippen LogP contribution >= 0.6 is 22.6 Å². The van der Waals surface area contributed by atoms with E-state index < -0.39 is 0 Å². The van der Waals surface area contributed by atoms with Gasteiger partial charge in [0.25, 0.3) is 0 Å². The lowest BCUT2D eigenvalue weighted by atomic mass is 9.98. The second kappa shape index (κ2) is 5.50. The Labute approximate surface area is 112 Å². The Bertz CT molecular complexity index is 319. The second-order valence-electron chi connectivity index (χ2n) is 4.75. The van der Waals surface area contributed by atoms with E-state index in [9.17, 15) is 0 Å². The third-order valence-electron chi connectivity index (χ3n) is 3.37. The van der Waals surface area contributed by atoms with Crippen molar-refractivity contribution >= 4 is 22.6 Å². The summed E-state index contributed by atoms with van der Waals surface area (Å²) < 4.78 is 7.33. The van der Waals surface area contributed by atoms with Crippen LogP contribution in [0.5, 0.6) is 0 Å². The maximum atomic E-state index is 6.33. The van der Waals surface area contributed by atoms with Gasteiger partial charge >= 0.3 is 0 Å². The summed E-state index contributed by atoms with van der Waals surface area (Å²) in [6, 6.07) is 10.6. The summed E-state index contributed by atoms with van der Waals surface area (Å²) in [4.78, 5) is 0. The highest BCUT2D eigenvalue weighted by Crippen LogP contribution is 2.33. The van der Waals surface area contributed by atoms with Gasteiger partial charge in [-0.1, -0.05) is 65.8 Å².